The van der Waals surface area contributed by atoms with Crippen molar-refractivity contribution in [2.24, 2.45) is 5.92 Å². The van der Waals surface area contributed by atoms with E-state index in [1.165, 1.54) is 4.88 Å². The molecule has 2 radical (unpaired) electrons. The number of aromatic nitrogens is 1. The summed E-state index contributed by atoms with van der Waals surface area (Å²) < 4.78 is 0. The summed E-state index contributed by atoms with van der Waals surface area (Å²) in [5.74, 6) is 0.442. The minimum absolute atomic E-state index is 0.230. The van der Waals surface area contributed by atoms with Crippen LogP contribution in [0.5, 0.6) is 0 Å². The largest absolute Gasteiger partial charge is 0.250 e. The third-order valence-corrected chi connectivity index (χ3v) is 3.52. The molecule has 3 heteroatoms. The van der Waals surface area contributed by atoms with E-state index in [9.17, 15) is 0 Å². The van der Waals surface area contributed by atoms with Crippen LogP contribution in [0.15, 0.2) is 6.20 Å². The summed E-state index contributed by atoms with van der Waals surface area (Å²) in [4.78, 5) is 5.38. The van der Waals surface area contributed by atoms with Crippen molar-refractivity contribution < 1.29 is 0 Å². The Morgan fingerprint density at radius 3 is 2.50 bits per heavy atom. The Morgan fingerprint density at radius 1 is 1.58 bits per heavy atom. The lowest BCUT2D eigenvalue weighted by Crippen LogP contribution is -2.27. The minimum atomic E-state index is -0.230. The Kier molecular flexibility index (Phi) is 2.62. The van der Waals surface area contributed by atoms with E-state index in [2.05, 4.69) is 25.8 Å². The molecule has 0 saturated carbocycles. The smallest absolute Gasteiger partial charge is 0.0896 e. The Balaban J connectivity index is 2.97. The Labute approximate surface area is 79.6 Å². The van der Waals surface area contributed by atoms with Crippen LogP contribution in [0.2, 0.25) is 0 Å². The molecule has 0 bridgehead atoms. The van der Waals surface area contributed by atoms with Crippen LogP contribution in [0.3, 0.4) is 0 Å². The first kappa shape index (κ1) is 9.78. The predicted octanol–water partition coefficient (Wildman–Crippen LogP) is 2.49. The molecule has 1 aromatic heterocycles. The molecule has 1 atom stereocenters. The molecule has 0 aromatic carbocycles. The average molecular weight is 179 g/mol. The minimum Gasteiger partial charge on any atom is -0.250 e. The first-order valence-corrected chi connectivity index (χ1v) is 4.98. The van der Waals surface area contributed by atoms with Crippen LogP contribution < -0.4 is 0 Å². The highest BCUT2D eigenvalue weighted by atomic mass is 32.1. The fourth-order valence-electron chi connectivity index (χ4n) is 0.895. The molecule has 0 aliphatic carbocycles. The number of aryl methyl sites for hydroxylation is 1. The molecule has 0 spiro atoms. The van der Waals surface area contributed by atoms with Crippen LogP contribution in [0.1, 0.15) is 30.7 Å². The third kappa shape index (κ3) is 1.71. The fraction of sp³-hybridized carbons (Fsp3) is 0.667. The zero-order valence-corrected chi connectivity index (χ0v) is 8.90. The normalized spacial score (nSPS) is 16.4. The second kappa shape index (κ2) is 3.21. The quantitative estimate of drug-likeness (QED) is 0.635. The van der Waals surface area contributed by atoms with Crippen LogP contribution in [0.25, 0.3) is 0 Å². The summed E-state index contributed by atoms with van der Waals surface area (Å²) >= 11 is 1.69. The van der Waals surface area contributed by atoms with E-state index in [0.29, 0.717) is 5.92 Å². The lowest BCUT2D eigenvalue weighted by molar-refractivity contribution is 0.481. The van der Waals surface area contributed by atoms with E-state index >= 15 is 0 Å². The van der Waals surface area contributed by atoms with Crippen molar-refractivity contribution >= 4 is 19.2 Å². The molecule has 0 aliphatic heterocycles. The number of nitrogens with zero attached hydrogens (tertiary/aromatic N) is 1. The van der Waals surface area contributed by atoms with Gasteiger partial charge in [-0.05, 0) is 18.2 Å². The molecule has 1 unspecified atom stereocenters. The van der Waals surface area contributed by atoms with Gasteiger partial charge >= 0.3 is 0 Å². The Bertz CT molecular complexity index is 265. The number of hydrogen-bond donors (Lipinski definition) is 0. The van der Waals surface area contributed by atoms with Gasteiger partial charge in [-0.2, -0.15) is 0 Å². The molecular weight excluding hydrogens is 165 g/mol. The second-order valence-electron chi connectivity index (χ2n) is 3.68. The highest BCUT2D eigenvalue weighted by Gasteiger charge is 2.25. The van der Waals surface area contributed by atoms with E-state index in [-0.39, 0.29) is 5.31 Å². The lowest BCUT2D eigenvalue weighted by atomic mass is 9.62. The molecule has 1 aromatic rings. The summed E-state index contributed by atoms with van der Waals surface area (Å²) in [5, 5.41) is 0.855. The zero-order chi connectivity index (χ0) is 9.35. The van der Waals surface area contributed by atoms with Gasteiger partial charge in [0.25, 0.3) is 0 Å². The van der Waals surface area contributed by atoms with E-state index in [4.69, 9.17) is 7.85 Å². The van der Waals surface area contributed by atoms with Crippen LogP contribution in [0.4, 0.5) is 0 Å². The molecule has 0 N–H and O–H groups in total. The monoisotopic (exact) mass is 179 g/mol. The van der Waals surface area contributed by atoms with Gasteiger partial charge < -0.3 is 0 Å². The van der Waals surface area contributed by atoms with Crippen molar-refractivity contribution in [3.05, 3.63) is 16.1 Å². The van der Waals surface area contributed by atoms with Crippen molar-refractivity contribution in [1.82, 2.24) is 4.98 Å². The molecule has 1 heterocycles. The molecule has 0 amide bonds. The van der Waals surface area contributed by atoms with E-state index in [1.54, 1.807) is 11.3 Å². The van der Waals surface area contributed by atoms with Gasteiger partial charge in [-0.25, -0.2) is 4.98 Å². The van der Waals surface area contributed by atoms with Crippen LogP contribution in [-0.2, 0) is 5.31 Å². The predicted molar refractivity (Wildman–Crippen MR) is 54.8 cm³/mol. The van der Waals surface area contributed by atoms with Crippen molar-refractivity contribution in [3.8, 4) is 0 Å². The summed E-state index contributed by atoms with van der Waals surface area (Å²) in [6.07, 6.45) is 1.89. The van der Waals surface area contributed by atoms with E-state index < -0.39 is 0 Å². The molecule has 0 fully saturated rings. The third-order valence-electron chi connectivity index (χ3n) is 2.35. The maximum Gasteiger partial charge on any atom is 0.0896 e. The van der Waals surface area contributed by atoms with E-state index in [0.717, 1.165) is 5.01 Å². The van der Waals surface area contributed by atoms with Crippen molar-refractivity contribution in [2.45, 2.75) is 33.0 Å². The first-order valence-electron chi connectivity index (χ1n) is 4.16. The lowest BCUT2D eigenvalue weighted by Gasteiger charge is -2.27. The fourth-order valence-corrected chi connectivity index (χ4v) is 1.88. The van der Waals surface area contributed by atoms with Crippen molar-refractivity contribution in [3.63, 3.8) is 0 Å². The van der Waals surface area contributed by atoms with Crippen LogP contribution >= 0.6 is 11.3 Å². The molecule has 1 nitrogen and oxygen atoms in total. The number of rotatable bonds is 2. The number of thiazole rings is 1. The zero-order valence-electron chi connectivity index (χ0n) is 8.09. The summed E-state index contributed by atoms with van der Waals surface area (Å²) in [6.45, 7) is 8.33. The molecule has 64 valence electrons. The second-order valence-corrected chi connectivity index (χ2v) is 4.92. The van der Waals surface area contributed by atoms with Gasteiger partial charge in [0.2, 0.25) is 0 Å². The van der Waals surface area contributed by atoms with Gasteiger partial charge in [-0.1, -0.05) is 20.8 Å². The summed E-state index contributed by atoms with van der Waals surface area (Å²) in [6, 6.07) is 0. The highest BCUT2D eigenvalue weighted by Crippen LogP contribution is 2.31. The molecular formula is C9H14BNS. The Hall–Kier alpha value is -0.305. The van der Waals surface area contributed by atoms with Gasteiger partial charge in [0.15, 0.2) is 0 Å². The highest BCUT2D eigenvalue weighted by molar-refractivity contribution is 7.11. The topological polar surface area (TPSA) is 12.9 Å². The summed E-state index contributed by atoms with van der Waals surface area (Å²) in [7, 11) is 6.16. The maximum absolute atomic E-state index is 6.16. The molecule has 0 aliphatic rings. The van der Waals surface area contributed by atoms with Gasteiger partial charge in [-0.15, -0.1) is 11.3 Å². The molecule has 1 rings (SSSR count). The standard InChI is InChI=1S/C9H14BNS/c1-6(2)9(4,10)8-5-11-7(3)12-8/h5-6H,1-4H3. The summed E-state index contributed by atoms with van der Waals surface area (Å²) in [5.41, 5.74) is 0. The number of hydrogen-bond acceptors (Lipinski definition) is 2. The first-order chi connectivity index (χ1) is 5.44. The Morgan fingerprint density at radius 2 is 2.17 bits per heavy atom. The maximum atomic E-state index is 6.16. The van der Waals surface area contributed by atoms with Gasteiger partial charge in [0, 0.05) is 11.1 Å². The SMILES string of the molecule is [B]C(C)(c1cnc(C)s1)C(C)C. The van der Waals surface area contributed by atoms with Gasteiger partial charge in [0.05, 0.1) is 12.9 Å². The van der Waals surface area contributed by atoms with Crippen molar-refractivity contribution in [1.29, 1.82) is 0 Å². The molecule has 12 heavy (non-hydrogen) atoms. The van der Waals surface area contributed by atoms with Crippen LogP contribution in [0, 0.1) is 12.8 Å². The molecule has 0 saturated heterocycles. The average Bonchev–Trinajstić information content (AvgIpc) is 2.35. The van der Waals surface area contributed by atoms with Gasteiger partial charge in [-0.3, -0.25) is 0 Å². The van der Waals surface area contributed by atoms with Crippen LogP contribution in [-0.4, -0.2) is 12.8 Å². The van der Waals surface area contributed by atoms with E-state index in [1.807, 2.05) is 13.1 Å². The van der Waals surface area contributed by atoms with Gasteiger partial charge in [0.1, 0.15) is 0 Å². The van der Waals surface area contributed by atoms with Crippen molar-refractivity contribution in [2.75, 3.05) is 0 Å².